The van der Waals surface area contributed by atoms with Crippen LogP contribution in [0.4, 0.5) is 33.3 Å². The molecule has 0 aliphatic heterocycles. The molecule has 0 saturated heterocycles. The molecule has 0 radical (unpaired) electrons. The van der Waals surface area contributed by atoms with Crippen LogP contribution in [-0.4, -0.2) is 37.8 Å². The lowest BCUT2D eigenvalue weighted by atomic mass is 10.0. The Balaban J connectivity index is 1.33. The minimum Gasteiger partial charge on any atom is -0.493 e. The molecular formula is C28H20F5N3O7S. The molecule has 3 aromatic carbocycles. The van der Waals surface area contributed by atoms with E-state index in [9.17, 15) is 35.6 Å². The Morgan fingerprint density at radius 3 is 2.07 bits per heavy atom. The molecule has 2 amide bonds. The summed E-state index contributed by atoms with van der Waals surface area (Å²) in [5.41, 5.74) is -6.80. The number of amides is 2. The lowest BCUT2D eigenvalue weighted by molar-refractivity contribution is -0.131. The van der Waals surface area contributed by atoms with E-state index >= 15 is 4.39 Å². The minimum absolute atomic E-state index is 0.0228. The SMILES string of the molecule is COc1cc2c(Oc3ccc(NC(=O)C4(C(=O)Nc5ccc(F)cc5)CC4)cc3F)ccnc2cc1OS(=O)(=O)C(F)(F)F. The van der Waals surface area contributed by atoms with Crippen LogP contribution in [0.2, 0.25) is 0 Å². The lowest BCUT2D eigenvalue weighted by Crippen LogP contribution is -2.35. The van der Waals surface area contributed by atoms with Crippen LogP contribution in [0, 0.1) is 17.0 Å². The van der Waals surface area contributed by atoms with Crippen molar-refractivity contribution in [3.63, 3.8) is 0 Å². The standard InChI is InChI=1S/C28H20F5N3O7S/c1-41-23-13-18-20(14-24(23)43-44(39,40)28(31,32)33)34-11-8-21(18)42-22-7-6-17(12-19(22)30)36-26(38)27(9-10-27)25(37)35-16-4-2-15(29)3-5-16/h2-8,11-14H,9-10H2,1H3,(H,35,37)(H,36,38). The van der Waals surface area contributed by atoms with Crippen LogP contribution in [0.15, 0.2) is 66.9 Å². The highest BCUT2D eigenvalue weighted by molar-refractivity contribution is 7.88. The molecule has 230 valence electrons. The van der Waals surface area contributed by atoms with Gasteiger partial charge in [0.05, 0.1) is 12.6 Å². The molecule has 1 aromatic heterocycles. The smallest absolute Gasteiger partial charge is 0.493 e. The number of rotatable bonds is 9. The van der Waals surface area contributed by atoms with Crippen LogP contribution in [0.5, 0.6) is 23.0 Å². The van der Waals surface area contributed by atoms with E-state index < -0.39 is 56.0 Å². The van der Waals surface area contributed by atoms with E-state index in [-0.39, 0.29) is 40.9 Å². The largest absolute Gasteiger partial charge is 0.534 e. The van der Waals surface area contributed by atoms with Crippen molar-refractivity contribution in [2.45, 2.75) is 18.3 Å². The van der Waals surface area contributed by atoms with Crippen molar-refractivity contribution in [3.8, 4) is 23.0 Å². The molecule has 16 heteroatoms. The van der Waals surface area contributed by atoms with Crippen molar-refractivity contribution in [2.75, 3.05) is 17.7 Å². The molecule has 0 atom stereocenters. The Morgan fingerprint density at radius 1 is 0.841 bits per heavy atom. The number of nitrogens with zero attached hydrogens (tertiary/aromatic N) is 1. The van der Waals surface area contributed by atoms with Crippen LogP contribution < -0.4 is 24.3 Å². The second-order valence-corrected chi connectivity index (χ2v) is 11.1. The zero-order valence-electron chi connectivity index (χ0n) is 22.4. The number of anilines is 2. The first-order chi connectivity index (χ1) is 20.7. The van der Waals surface area contributed by atoms with Crippen LogP contribution in [0.25, 0.3) is 10.9 Å². The normalized spacial score (nSPS) is 14.0. The molecule has 4 aromatic rings. The third-order valence-electron chi connectivity index (χ3n) is 6.60. The molecule has 44 heavy (non-hydrogen) atoms. The fourth-order valence-corrected chi connectivity index (χ4v) is 4.57. The summed E-state index contributed by atoms with van der Waals surface area (Å²) in [6, 6.07) is 11.8. The fourth-order valence-electron chi connectivity index (χ4n) is 4.10. The summed E-state index contributed by atoms with van der Waals surface area (Å²) in [4.78, 5) is 29.7. The van der Waals surface area contributed by atoms with Gasteiger partial charge in [-0.3, -0.25) is 14.6 Å². The van der Waals surface area contributed by atoms with Gasteiger partial charge in [-0.05, 0) is 61.4 Å². The van der Waals surface area contributed by atoms with E-state index in [0.717, 1.165) is 37.4 Å². The summed E-state index contributed by atoms with van der Waals surface area (Å²) in [6.07, 6.45) is 1.69. The molecule has 0 unspecified atom stereocenters. The highest BCUT2D eigenvalue weighted by atomic mass is 32.2. The fraction of sp³-hybridized carbons (Fsp3) is 0.179. The number of benzene rings is 3. The van der Waals surface area contributed by atoms with Crippen LogP contribution in [0.3, 0.4) is 0 Å². The molecule has 1 aliphatic carbocycles. The monoisotopic (exact) mass is 637 g/mol. The predicted molar refractivity (Wildman–Crippen MR) is 146 cm³/mol. The first kappa shape index (κ1) is 30.5. The highest BCUT2D eigenvalue weighted by Crippen LogP contribution is 2.48. The molecule has 1 heterocycles. The van der Waals surface area contributed by atoms with E-state index in [4.69, 9.17) is 9.47 Å². The average Bonchev–Trinajstić information content (AvgIpc) is 3.77. The number of hydrogen-bond acceptors (Lipinski definition) is 8. The summed E-state index contributed by atoms with van der Waals surface area (Å²) < 4.78 is 105. The number of carbonyl (C=O) groups excluding carboxylic acids is 2. The van der Waals surface area contributed by atoms with Gasteiger partial charge in [0.15, 0.2) is 23.1 Å². The first-order valence-electron chi connectivity index (χ1n) is 12.6. The zero-order chi connectivity index (χ0) is 31.9. The Kier molecular flexibility index (Phi) is 7.79. The highest BCUT2D eigenvalue weighted by Gasteiger charge is 2.56. The first-order valence-corrected chi connectivity index (χ1v) is 14.0. The van der Waals surface area contributed by atoms with Gasteiger partial charge in [0.1, 0.15) is 17.0 Å². The van der Waals surface area contributed by atoms with Crippen molar-refractivity contribution in [1.29, 1.82) is 0 Å². The number of hydrogen-bond donors (Lipinski definition) is 2. The number of halogens is 5. The Hall–Kier alpha value is -4.99. The molecule has 1 saturated carbocycles. The number of carbonyl (C=O) groups is 2. The van der Waals surface area contributed by atoms with Gasteiger partial charge in [0.2, 0.25) is 11.8 Å². The van der Waals surface area contributed by atoms with Crippen LogP contribution in [0.1, 0.15) is 12.8 Å². The molecule has 0 spiro atoms. The maximum atomic E-state index is 15.1. The average molecular weight is 638 g/mol. The summed E-state index contributed by atoms with van der Waals surface area (Å²) >= 11 is 0. The van der Waals surface area contributed by atoms with Gasteiger partial charge in [-0.2, -0.15) is 21.6 Å². The number of fused-ring (bicyclic) bond motifs is 1. The van der Waals surface area contributed by atoms with Gasteiger partial charge in [0, 0.05) is 35.1 Å². The Morgan fingerprint density at radius 2 is 1.48 bits per heavy atom. The number of aromatic nitrogens is 1. The quantitative estimate of drug-likeness (QED) is 0.100. The van der Waals surface area contributed by atoms with E-state index in [1.165, 1.54) is 36.5 Å². The van der Waals surface area contributed by atoms with Gasteiger partial charge < -0.3 is 24.3 Å². The Bertz CT molecular complexity index is 1880. The maximum Gasteiger partial charge on any atom is 0.534 e. The minimum atomic E-state index is -6.01. The zero-order valence-corrected chi connectivity index (χ0v) is 23.2. The predicted octanol–water partition coefficient (Wildman–Crippen LogP) is 5.90. The number of nitrogens with one attached hydrogen (secondary N) is 2. The number of ether oxygens (including phenoxy) is 2. The summed E-state index contributed by atoms with van der Waals surface area (Å²) in [7, 11) is -4.94. The van der Waals surface area contributed by atoms with Gasteiger partial charge >= 0.3 is 15.6 Å². The van der Waals surface area contributed by atoms with E-state index in [1.54, 1.807) is 0 Å². The molecule has 1 fully saturated rings. The van der Waals surface area contributed by atoms with Crippen molar-refractivity contribution in [1.82, 2.24) is 4.98 Å². The number of pyridine rings is 1. The molecular weight excluding hydrogens is 617 g/mol. The van der Waals surface area contributed by atoms with Crippen molar-refractivity contribution in [3.05, 3.63) is 78.5 Å². The second kappa shape index (κ2) is 11.3. The van der Waals surface area contributed by atoms with Crippen LogP contribution >= 0.6 is 0 Å². The summed E-state index contributed by atoms with van der Waals surface area (Å²) in [5.74, 6) is -4.19. The van der Waals surface area contributed by atoms with E-state index in [0.29, 0.717) is 5.69 Å². The summed E-state index contributed by atoms with van der Waals surface area (Å²) in [5, 5.41) is 5.19. The third-order valence-corrected chi connectivity index (χ3v) is 7.57. The number of methoxy groups -OCH3 is 1. The van der Waals surface area contributed by atoms with Gasteiger partial charge in [-0.25, -0.2) is 8.78 Å². The van der Waals surface area contributed by atoms with E-state index in [2.05, 4.69) is 19.8 Å². The topological polar surface area (TPSA) is 133 Å². The van der Waals surface area contributed by atoms with E-state index in [1.807, 2.05) is 0 Å². The molecule has 2 N–H and O–H groups in total. The molecule has 10 nitrogen and oxygen atoms in total. The van der Waals surface area contributed by atoms with Crippen molar-refractivity contribution in [2.24, 2.45) is 5.41 Å². The lowest BCUT2D eigenvalue weighted by Gasteiger charge is -2.16. The summed E-state index contributed by atoms with van der Waals surface area (Å²) in [6.45, 7) is 0. The third kappa shape index (κ3) is 6.06. The van der Waals surface area contributed by atoms with Crippen LogP contribution in [-0.2, 0) is 19.7 Å². The molecule has 5 rings (SSSR count). The number of alkyl halides is 3. The maximum absolute atomic E-state index is 15.1. The Labute approximate surface area is 245 Å². The molecule has 1 aliphatic rings. The van der Waals surface area contributed by atoms with Crippen molar-refractivity contribution < 1.29 is 53.6 Å². The van der Waals surface area contributed by atoms with Gasteiger partial charge in [-0.15, -0.1) is 0 Å². The molecule has 0 bridgehead atoms. The van der Waals surface area contributed by atoms with Gasteiger partial charge in [-0.1, -0.05) is 0 Å². The second-order valence-electron chi connectivity index (χ2n) is 9.56. The van der Waals surface area contributed by atoms with Gasteiger partial charge in [0.25, 0.3) is 0 Å². The van der Waals surface area contributed by atoms with Crippen molar-refractivity contribution >= 4 is 44.2 Å².